The first-order valence-electron chi connectivity index (χ1n) is 6.96. The third-order valence-corrected chi connectivity index (χ3v) is 3.68. The number of anilines is 1. The highest BCUT2D eigenvalue weighted by Gasteiger charge is 2.37. The van der Waals surface area contributed by atoms with Crippen LogP contribution in [0.1, 0.15) is 23.9 Å². The number of rotatable bonds is 3. The number of aromatic nitrogens is 3. The largest absolute Gasteiger partial charge is 0.369 e. The van der Waals surface area contributed by atoms with E-state index < -0.39 is 0 Å². The lowest BCUT2D eigenvalue weighted by Gasteiger charge is -2.18. The molecular formula is C15H18N4O2. The van der Waals surface area contributed by atoms with Crippen molar-refractivity contribution in [3.63, 3.8) is 0 Å². The summed E-state index contributed by atoms with van der Waals surface area (Å²) in [6, 6.07) is 1.90. The van der Waals surface area contributed by atoms with Gasteiger partial charge < -0.3 is 14.6 Å². The lowest BCUT2D eigenvalue weighted by atomic mass is 9.99. The van der Waals surface area contributed by atoms with Crippen LogP contribution in [0.3, 0.4) is 0 Å². The summed E-state index contributed by atoms with van der Waals surface area (Å²) in [5.41, 5.74) is 1.72. The van der Waals surface area contributed by atoms with E-state index in [2.05, 4.69) is 15.3 Å². The maximum absolute atomic E-state index is 12.5. The monoisotopic (exact) mass is 286 g/mol. The number of hydrogen-bond acceptors (Lipinski definition) is 4. The van der Waals surface area contributed by atoms with Crippen molar-refractivity contribution < 1.29 is 9.53 Å². The van der Waals surface area contributed by atoms with Crippen molar-refractivity contribution in [2.24, 2.45) is 13.0 Å². The maximum atomic E-state index is 12.5. The summed E-state index contributed by atoms with van der Waals surface area (Å²) in [7, 11) is 1.91. The van der Waals surface area contributed by atoms with Crippen LogP contribution in [0, 0.1) is 12.8 Å². The summed E-state index contributed by atoms with van der Waals surface area (Å²) in [5, 5.41) is 2.92. The molecule has 0 aromatic carbocycles. The fourth-order valence-corrected chi connectivity index (χ4v) is 2.62. The Kier molecular flexibility index (Phi) is 3.70. The number of nitrogens with zero attached hydrogens (tertiary/aromatic N) is 3. The number of ether oxygens (including phenoxy) is 1. The van der Waals surface area contributed by atoms with Crippen molar-refractivity contribution in [2.45, 2.75) is 19.4 Å². The van der Waals surface area contributed by atoms with E-state index in [1.807, 2.05) is 30.8 Å². The minimum Gasteiger partial charge on any atom is -0.369 e. The average molecular weight is 286 g/mol. The number of pyridine rings is 1. The van der Waals surface area contributed by atoms with E-state index in [1.54, 1.807) is 18.6 Å². The van der Waals surface area contributed by atoms with E-state index in [-0.39, 0.29) is 17.9 Å². The smallest absolute Gasteiger partial charge is 0.230 e. The second kappa shape index (κ2) is 5.65. The first kappa shape index (κ1) is 13.8. The van der Waals surface area contributed by atoms with Crippen LogP contribution in [0.25, 0.3) is 0 Å². The first-order chi connectivity index (χ1) is 10.1. The van der Waals surface area contributed by atoms with Crippen molar-refractivity contribution in [3.8, 4) is 0 Å². The predicted octanol–water partition coefficient (Wildman–Crippen LogP) is 1.84. The normalized spacial score (nSPS) is 21.4. The van der Waals surface area contributed by atoms with Gasteiger partial charge in [0.05, 0.1) is 17.8 Å². The van der Waals surface area contributed by atoms with Gasteiger partial charge in [0, 0.05) is 32.2 Å². The second-order valence-corrected chi connectivity index (χ2v) is 5.32. The number of aryl methyl sites for hydroxylation is 2. The van der Waals surface area contributed by atoms with Crippen molar-refractivity contribution in [1.82, 2.24) is 14.5 Å². The molecule has 0 bridgehead atoms. The van der Waals surface area contributed by atoms with Crippen molar-refractivity contribution >= 4 is 11.6 Å². The zero-order valence-corrected chi connectivity index (χ0v) is 12.1. The number of carbonyl (C=O) groups is 1. The minimum atomic E-state index is -0.289. The van der Waals surface area contributed by atoms with Crippen LogP contribution in [0.15, 0.2) is 30.9 Å². The summed E-state index contributed by atoms with van der Waals surface area (Å²) in [6.07, 6.45) is 7.39. The molecule has 6 nitrogen and oxygen atoms in total. The number of hydrogen-bond donors (Lipinski definition) is 1. The van der Waals surface area contributed by atoms with Crippen LogP contribution < -0.4 is 5.32 Å². The van der Waals surface area contributed by atoms with Gasteiger partial charge in [0.1, 0.15) is 11.9 Å². The third-order valence-electron chi connectivity index (χ3n) is 3.68. The van der Waals surface area contributed by atoms with Gasteiger partial charge in [0.15, 0.2) is 0 Å². The Morgan fingerprint density at radius 1 is 1.48 bits per heavy atom. The fraction of sp³-hybridized carbons (Fsp3) is 0.400. The van der Waals surface area contributed by atoms with Crippen molar-refractivity contribution in [3.05, 3.63) is 42.2 Å². The highest BCUT2D eigenvalue weighted by molar-refractivity contribution is 5.93. The van der Waals surface area contributed by atoms with Crippen molar-refractivity contribution in [2.75, 3.05) is 11.9 Å². The average Bonchev–Trinajstić information content (AvgIpc) is 3.06. The van der Waals surface area contributed by atoms with Crippen LogP contribution >= 0.6 is 0 Å². The molecule has 1 N–H and O–H groups in total. The Morgan fingerprint density at radius 3 is 3.05 bits per heavy atom. The zero-order valence-electron chi connectivity index (χ0n) is 12.1. The molecule has 1 amide bonds. The van der Waals surface area contributed by atoms with Gasteiger partial charge in [0.25, 0.3) is 0 Å². The number of imidazole rings is 1. The Bertz CT molecular complexity index is 653. The summed E-state index contributed by atoms with van der Waals surface area (Å²) in [6.45, 7) is 2.51. The van der Waals surface area contributed by atoms with Gasteiger partial charge in [-0.2, -0.15) is 0 Å². The third kappa shape index (κ3) is 2.80. The molecule has 1 aliphatic heterocycles. The van der Waals surface area contributed by atoms with E-state index in [1.165, 1.54) is 0 Å². The first-order valence-corrected chi connectivity index (χ1v) is 6.96. The molecular weight excluding hydrogens is 268 g/mol. The standard InChI is InChI=1S/C15H18N4O2/c1-10-7-11(9-16-8-10)18-15(20)12-3-6-21-13(12)14-17-4-5-19(14)2/h4-5,7-9,12-13H,3,6H2,1-2H3,(H,18,20)/t12-,13-/m1/s1. The molecule has 2 aromatic rings. The molecule has 0 spiro atoms. The van der Waals surface area contributed by atoms with E-state index in [0.717, 1.165) is 11.4 Å². The molecule has 1 fully saturated rings. The Hall–Kier alpha value is -2.21. The predicted molar refractivity (Wildman–Crippen MR) is 77.6 cm³/mol. The number of nitrogens with one attached hydrogen (secondary N) is 1. The zero-order chi connectivity index (χ0) is 14.8. The quantitative estimate of drug-likeness (QED) is 0.934. The van der Waals surface area contributed by atoms with Gasteiger partial charge in [-0.1, -0.05) is 0 Å². The molecule has 0 unspecified atom stereocenters. The summed E-state index contributed by atoms with van der Waals surface area (Å²) in [4.78, 5) is 20.9. The Labute approximate surface area is 123 Å². The Balaban J connectivity index is 1.76. The molecule has 110 valence electrons. The molecule has 6 heteroatoms. The van der Waals surface area contributed by atoms with E-state index in [4.69, 9.17) is 4.74 Å². The van der Waals surface area contributed by atoms with Crippen molar-refractivity contribution in [1.29, 1.82) is 0 Å². The highest BCUT2D eigenvalue weighted by Crippen LogP contribution is 2.34. The van der Waals surface area contributed by atoms with Gasteiger partial charge in [-0.3, -0.25) is 9.78 Å². The summed E-state index contributed by atoms with van der Waals surface area (Å²) < 4.78 is 7.61. The molecule has 3 heterocycles. The second-order valence-electron chi connectivity index (χ2n) is 5.32. The summed E-state index contributed by atoms with van der Waals surface area (Å²) in [5.74, 6) is 0.509. The van der Waals surface area contributed by atoms with Crippen LogP contribution in [0.5, 0.6) is 0 Å². The minimum absolute atomic E-state index is 0.0482. The van der Waals surface area contributed by atoms with Gasteiger partial charge >= 0.3 is 0 Å². The van der Waals surface area contributed by atoms with Gasteiger partial charge in [-0.15, -0.1) is 0 Å². The molecule has 2 atom stereocenters. The van der Waals surface area contributed by atoms with Gasteiger partial charge in [-0.05, 0) is 25.0 Å². The maximum Gasteiger partial charge on any atom is 0.230 e. The van der Waals surface area contributed by atoms with E-state index in [0.29, 0.717) is 18.7 Å². The van der Waals surface area contributed by atoms with Crippen LogP contribution in [0.4, 0.5) is 5.69 Å². The van der Waals surface area contributed by atoms with E-state index in [9.17, 15) is 4.79 Å². The van der Waals surface area contributed by atoms with Gasteiger partial charge in [0.2, 0.25) is 5.91 Å². The van der Waals surface area contributed by atoms with Crippen LogP contribution in [0.2, 0.25) is 0 Å². The molecule has 1 aliphatic rings. The number of carbonyl (C=O) groups excluding carboxylic acids is 1. The fourth-order valence-electron chi connectivity index (χ4n) is 2.62. The van der Waals surface area contributed by atoms with E-state index >= 15 is 0 Å². The molecule has 2 aromatic heterocycles. The number of amides is 1. The van der Waals surface area contributed by atoms with Crippen LogP contribution in [-0.2, 0) is 16.6 Å². The summed E-state index contributed by atoms with van der Waals surface area (Å²) >= 11 is 0. The van der Waals surface area contributed by atoms with Crippen LogP contribution in [-0.4, -0.2) is 27.0 Å². The molecule has 21 heavy (non-hydrogen) atoms. The SMILES string of the molecule is Cc1cncc(NC(=O)[C@@H]2CCO[C@H]2c2nccn2C)c1. The highest BCUT2D eigenvalue weighted by atomic mass is 16.5. The molecule has 3 rings (SSSR count). The molecule has 1 saturated heterocycles. The topological polar surface area (TPSA) is 69.0 Å². The molecule has 0 saturated carbocycles. The Morgan fingerprint density at radius 2 is 2.33 bits per heavy atom. The molecule has 0 aliphatic carbocycles. The van der Waals surface area contributed by atoms with Gasteiger partial charge in [-0.25, -0.2) is 4.98 Å². The lowest BCUT2D eigenvalue weighted by molar-refractivity contribution is -0.121. The molecule has 0 radical (unpaired) electrons. The lowest BCUT2D eigenvalue weighted by Crippen LogP contribution is -2.26.